The highest BCUT2D eigenvalue weighted by Gasteiger charge is 2.37. The van der Waals surface area contributed by atoms with E-state index in [2.05, 4.69) is 5.32 Å². The second kappa shape index (κ2) is 6.83. The summed E-state index contributed by atoms with van der Waals surface area (Å²) in [6, 6.07) is 1.82. The highest BCUT2D eigenvalue weighted by Crippen LogP contribution is 2.27. The minimum atomic E-state index is -1.04. The van der Waals surface area contributed by atoms with Crippen LogP contribution < -0.4 is 10.2 Å². The molecule has 0 aromatic heterocycles. The molecule has 0 bridgehead atoms. The third kappa shape index (κ3) is 3.24. The number of hydrogen-bond acceptors (Lipinski definition) is 3. The number of aliphatic carboxylic acids is 1. The van der Waals surface area contributed by atoms with Crippen molar-refractivity contribution in [3.8, 4) is 0 Å². The van der Waals surface area contributed by atoms with Crippen LogP contribution in [-0.4, -0.2) is 35.6 Å². The van der Waals surface area contributed by atoms with Crippen molar-refractivity contribution in [3.63, 3.8) is 0 Å². The van der Waals surface area contributed by atoms with Gasteiger partial charge < -0.3 is 10.0 Å². The van der Waals surface area contributed by atoms with E-state index < -0.39 is 35.6 Å². The van der Waals surface area contributed by atoms with Crippen molar-refractivity contribution in [2.24, 2.45) is 0 Å². The predicted molar refractivity (Wildman–Crippen MR) is 76.6 cm³/mol. The molecule has 0 saturated carbocycles. The van der Waals surface area contributed by atoms with Crippen LogP contribution in [0.1, 0.15) is 26.2 Å². The van der Waals surface area contributed by atoms with Crippen molar-refractivity contribution >= 4 is 17.6 Å². The molecule has 0 spiro atoms. The van der Waals surface area contributed by atoms with Gasteiger partial charge in [-0.3, -0.25) is 14.9 Å². The molecule has 2 N–H and O–H groups in total. The molecule has 2 rings (SSSR count). The van der Waals surface area contributed by atoms with E-state index in [0.717, 1.165) is 17.0 Å². The average molecular weight is 312 g/mol. The molecule has 1 aromatic rings. The van der Waals surface area contributed by atoms with Gasteiger partial charge in [-0.1, -0.05) is 19.4 Å². The van der Waals surface area contributed by atoms with Crippen LogP contribution in [0.3, 0.4) is 0 Å². The fourth-order valence-corrected chi connectivity index (χ4v) is 2.61. The number of halogens is 2. The molecule has 1 aliphatic heterocycles. The van der Waals surface area contributed by atoms with E-state index in [4.69, 9.17) is 5.11 Å². The van der Waals surface area contributed by atoms with Crippen molar-refractivity contribution in [1.29, 1.82) is 0 Å². The van der Waals surface area contributed by atoms with Crippen LogP contribution in [0.5, 0.6) is 0 Å². The van der Waals surface area contributed by atoms with E-state index >= 15 is 0 Å². The Morgan fingerprint density at radius 1 is 1.45 bits per heavy atom. The van der Waals surface area contributed by atoms with Gasteiger partial charge >= 0.3 is 5.97 Å². The second-order valence-electron chi connectivity index (χ2n) is 5.25. The van der Waals surface area contributed by atoms with Gasteiger partial charge in [-0.2, -0.15) is 0 Å². The molecule has 5 nitrogen and oxygen atoms in total. The van der Waals surface area contributed by atoms with E-state index in [0.29, 0.717) is 19.3 Å². The van der Waals surface area contributed by atoms with Gasteiger partial charge in [0.15, 0.2) is 0 Å². The van der Waals surface area contributed by atoms with Gasteiger partial charge in [0.2, 0.25) is 5.91 Å². The molecular weight excluding hydrogens is 294 g/mol. The predicted octanol–water partition coefficient (Wildman–Crippen LogP) is 1.91. The number of nitrogens with zero attached hydrogens (tertiary/aromatic N) is 1. The number of carboxylic acids is 1. The zero-order chi connectivity index (χ0) is 16.3. The summed E-state index contributed by atoms with van der Waals surface area (Å²) < 4.78 is 27.5. The molecule has 2 atom stereocenters. The number of carbonyl (C=O) groups excluding carboxylic acids is 1. The Balaban J connectivity index is 2.14. The highest BCUT2D eigenvalue weighted by molar-refractivity contribution is 6.00. The first-order chi connectivity index (χ1) is 10.5. The first-order valence-electron chi connectivity index (χ1n) is 7.20. The van der Waals surface area contributed by atoms with Gasteiger partial charge in [0.25, 0.3) is 0 Å². The maximum absolute atomic E-state index is 13.8. The highest BCUT2D eigenvalue weighted by atomic mass is 19.1. The van der Waals surface area contributed by atoms with Gasteiger partial charge in [-0.15, -0.1) is 0 Å². The molecule has 1 amide bonds. The molecule has 22 heavy (non-hydrogen) atoms. The van der Waals surface area contributed by atoms with Crippen LogP contribution in [0.4, 0.5) is 14.5 Å². The summed E-state index contributed by atoms with van der Waals surface area (Å²) in [5.74, 6) is -3.16. The summed E-state index contributed by atoms with van der Waals surface area (Å²) in [5.41, 5.74) is -0.376. The number of carbonyl (C=O) groups is 2. The fourth-order valence-electron chi connectivity index (χ4n) is 2.61. The zero-order valence-electron chi connectivity index (χ0n) is 12.2. The monoisotopic (exact) mass is 312 g/mol. The lowest BCUT2D eigenvalue weighted by Crippen LogP contribution is -2.47. The summed E-state index contributed by atoms with van der Waals surface area (Å²) in [5, 5.41) is 11.9. The lowest BCUT2D eigenvalue weighted by atomic mass is 10.1. The lowest BCUT2D eigenvalue weighted by Gasteiger charge is -2.20. The first kappa shape index (κ1) is 16.4. The van der Waals surface area contributed by atoms with E-state index in [1.165, 1.54) is 6.07 Å². The minimum Gasteiger partial charge on any atom is -0.480 e. The Labute approximate surface area is 126 Å². The lowest BCUT2D eigenvalue weighted by molar-refractivity contribution is -0.140. The number of amides is 1. The van der Waals surface area contributed by atoms with Gasteiger partial charge in [0, 0.05) is 6.54 Å². The quantitative estimate of drug-likeness (QED) is 0.842. The Kier molecular flexibility index (Phi) is 5.07. The summed E-state index contributed by atoms with van der Waals surface area (Å²) in [6.45, 7) is 1.99. The standard InChI is InChI=1S/C15H18F2N2O3/c1-2-4-12(15(21)22)18-11-7-8-19(14(11)20)13-9(16)5-3-6-10(13)17/h3,5-6,11-12,18H,2,4,7-8H2,1H3,(H,21,22). The molecule has 1 saturated heterocycles. The van der Waals surface area contributed by atoms with Gasteiger partial charge in [0.05, 0.1) is 6.04 Å². The van der Waals surface area contributed by atoms with E-state index in [9.17, 15) is 18.4 Å². The molecule has 1 fully saturated rings. The van der Waals surface area contributed by atoms with Crippen molar-refractivity contribution in [2.75, 3.05) is 11.4 Å². The molecule has 0 aliphatic carbocycles. The summed E-state index contributed by atoms with van der Waals surface area (Å²) >= 11 is 0. The fraction of sp³-hybridized carbons (Fsp3) is 0.467. The van der Waals surface area contributed by atoms with Crippen molar-refractivity contribution < 1.29 is 23.5 Å². The van der Waals surface area contributed by atoms with Crippen molar-refractivity contribution in [3.05, 3.63) is 29.8 Å². The Bertz CT molecular complexity index is 560. The van der Waals surface area contributed by atoms with Crippen LogP contribution in [0.15, 0.2) is 18.2 Å². The molecule has 120 valence electrons. The Hall–Kier alpha value is -2.02. The molecule has 1 aromatic carbocycles. The smallest absolute Gasteiger partial charge is 0.320 e. The van der Waals surface area contributed by atoms with Crippen LogP contribution in [0.2, 0.25) is 0 Å². The number of para-hydroxylation sites is 1. The molecule has 1 aliphatic rings. The third-order valence-corrected chi connectivity index (χ3v) is 3.69. The SMILES string of the molecule is CCCC(NC1CCN(c2c(F)cccc2F)C1=O)C(=O)O. The van der Waals surface area contributed by atoms with Gasteiger partial charge in [0.1, 0.15) is 23.4 Å². The molecule has 7 heteroatoms. The second-order valence-corrected chi connectivity index (χ2v) is 5.25. The summed E-state index contributed by atoms with van der Waals surface area (Å²) in [4.78, 5) is 24.5. The van der Waals surface area contributed by atoms with Crippen LogP contribution in [-0.2, 0) is 9.59 Å². The van der Waals surface area contributed by atoms with E-state index in [1.807, 2.05) is 6.92 Å². The van der Waals surface area contributed by atoms with Crippen LogP contribution >= 0.6 is 0 Å². The molecular formula is C15H18F2N2O3. The van der Waals surface area contributed by atoms with Gasteiger partial charge in [-0.25, -0.2) is 8.78 Å². The van der Waals surface area contributed by atoms with Gasteiger partial charge in [-0.05, 0) is 25.0 Å². The number of carboxylic acid groups (broad SMARTS) is 1. The number of anilines is 1. The maximum Gasteiger partial charge on any atom is 0.320 e. The van der Waals surface area contributed by atoms with E-state index in [1.54, 1.807) is 0 Å². The molecule has 1 heterocycles. The largest absolute Gasteiger partial charge is 0.480 e. The zero-order valence-corrected chi connectivity index (χ0v) is 12.2. The van der Waals surface area contributed by atoms with Crippen LogP contribution in [0, 0.1) is 11.6 Å². The van der Waals surface area contributed by atoms with E-state index in [-0.39, 0.29) is 12.2 Å². The van der Waals surface area contributed by atoms with Crippen molar-refractivity contribution in [2.45, 2.75) is 38.3 Å². The molecule has 2 unspecified atom stereocenters. The number of hydrogen-bond donors (Lipinski definition) is 2. The number of nitrogens with one attached hydrogen (secondary N) is 1. The summed E-state index contributed by atoms with van der Waals surface area (Å²) in [7, 11) is 0. The van der Waals surface area contributed by atoms with Crippen molar-refractivity contribution in [1.82, 2.24) is 5.32 Å². The Morgan fingerprint density at radius 2 is 2.09 bits per heavy atom. The Morgan fingerprint density at radius 3 is 2.64 bits per heavy atom. The molecule has 0 radical (unpaired) electrons. The maximum atomic E-state index is 13.8. The normalized spacial score (nSPS) is 19.5. The first-order valence-corrected chi connectivity index (χ1v) is 7.20. The average Bonchev–Trinajstić information content (AvgIpc) is 2.80. The topological polar surface area (TPSA) is 69.6 Å². The number of benzene rings is 1. The third-order valence-electron chi connectivity index (χ3n) is 3.69. The number of rotatable bonds is 6. The minimum absolute atomic E-state index is 0.146. The summed E-state index contributed by atoms with van der Waals surface area (Å²) in [6.07, 6.45) is 1.34. The van der Waals surface area contributed by atoms with Crippen LogP contribution in [0.25, 0.3) is 0 Å².